The van der Waals surface area contributed by atoms with Crippen molar-refractivity contribution in [3.63, 3.8) is 0 Å². The fraction of sp³-hybridized carbons (Fsp3) is 0.444. The van der Waals surface area contributed by atoms with Crippen molar-refractivity contribution < 1.29 is 27.1 Å². The summed E-state index contributed by atoms with van der Waals surface area (Å²) in [5, 5.41) is 0. The van der Waals surface area contributed by atoms with Gasteiger partial charge in [-0.25, -0.2) is 22.4 Å². The van der Waals surface area contributed by atoms with Gasteiger partial charge in [0, 0.05) is 12.8 Å². The molecule has 1 aromatic carbocycles. The quantitative estimate of drug-likeness (QED) is 0.226. The molecule has 0 heterocycles. The summed E-state index contributed by atoms with van der Waals surface area (Å²) in [7, 11) is 3.52. The largest absolute Gasteiger partial charge is 0.462 e. The van der Waals surface area contributed by atoms with Crippen molar-refractivity contribution in [3.8, 4) is 0 Å². The summed E-state index contributed by atoms with van der Waals surface area (Å²) in [4.78, 5) is 11.3. The van der Waals surface area contributed by atoms with Crippen LogP contribution < -0.4 is 0 Å². The van der Waals surface area contributed by atoms with Gasteiger partial charge in [-0.3, -0.25) is 0 Å². The minimum Gasteiger partial charge on any atom is -0.462 e. The van der Waals surface area contributed by atoms with E-state index in [9.17, 15) is 22.4 Å². The predicted octanol–water partition coefficient (Wildman–Crippen LogP) is 6.65. The lowest BCUT2D eigenvalue weighted by molar-refractivity contribution is -0.0110. The molecule has 0 spiro atoms. The topological polar surface area (TPSA) is 26.3 Å². The maximum absolute atomic E-state index is 12.4. The first-order valence-electron chi connectivity index (χ1n) is 7.71. The Labute approximate surface area is 156 Å². The Bertz CT molecular complexity index is 524. The molecule has 0 saturated heterocycles. The van der Waals surface area contributed by atoms with Crippen LogP contribution in [0.3, 0.4) is 0 Å². The second-order valence-corrected chi connectivity index (χ2v) is 6.81. The van der Waals surface area contributed by atoms with E-state index in [0.717, 1.165) is 21.7 Å². The number of carbonyl (C=O) groups excluding carboxylic acids is 1. The summed E-state index contributed by atoms with van der Waals surface area (Å²) in [5.74, 6) is -5.90. The minimum absolute atomic E-state index is 0.149. The molecule has 1 rings (SSSR count). The number of hydrogen-bond acceptors (Lipinski definition) is 2. The first-order valence-corrected chi connectivity index (χ1v) is 10.4. The molecule has 0 aliphatic heterocycles. The van der Waals surface area contributed by atoms with Crippen LogP contribution in [0.15, 0.2) is 42.5 Å². The fourth-order valence-electron chi connectivity index (χ4n) is 1.31. The Morgan fingerprint density at radius 2 is 1.69 bits per heavy atom. The molecule has 1 unspecified atom stereocenters. The lowest BCUT2D eigenvalue weighted by Gasteiger charge is -2.09. The lowest BCUT2D eigenvalue weighted by Crippen LogP contribution is -2.15. The third-order valence-corrected chi connectivity index (χ3v) is 2.50. The van der Waals surface area contributed by atoms with Gasteiger partial charge in [-0.1, -0.05) is 53.5 Å². The summed E-state index contributed by atoms with van der Waals surface area (Å²) in [5.41, 5.74) is 0.372. The van der Waals surface area contributed by atoms with E-state index in [1.54, 1.807) is 43.3 Å². The first kappa shape index (κ1) is 27.0. The molecule has 26 heavy (non-hydrogen) atoms. The number of ether oxygens (including phenoxy) is 1. The van der Waals surface area contributed by atoms with E-state index in [-0.39, 0.29) is 13.0 Å². The van der Waals surface area contributed by atoms with Crippen molar-refractivity contribution >= 4 is 29.1 Å². The van der Waals surface area contributed by atoms with Crippen molar-refractivity contribution in [1.29, 1.82) is 0 Å². The SMILES string of the molecule is C/C=C/CC(C)(F)F.C=PP.CC(F)(F)CCOC(=O)c1ccccc1. The molecule has 0 fully saturated rings. The smallest absolute Gasteiger partial charge is 0.338 e. The monoisotopic (exact) mass is 412 g/mol. The Morgan fingerprint density at radius 3 is 2.04 bits per heavy atom. The first-order chi connectivity index (χ1) is 12.0. The Hall–Kier alpha value is -1.25. The molecule has 0 bridgehead atoms. The Balaban J connectivity index is 0. The van der Waals surface area contributed by atoms with Crippen LogP contribution in [0.5, 0.6) is 0 Å². The molecule has 0 aromatic heterocycles. The highest BCUT2D eigenvalue weighted by Crippen LogP contribution is 2.17. The number of alkyl halides is 4. The van der Waals surface area contributed by atoms with Crippen LogP contribution in [0.2, 0.25) is 0 Å². The lowest BCUT2D eigenvalue weighted by atomic mass is 10.2. The van der Waals surface area contributed by atoms with Gasteiger partial charge in [-0.05, 0) is 32.9 Å². The number of allylic oxidation sites excluding steroid dienone is 2. The standard InChI is InChI=1S/C11H12F2O2.C6H10F2.CH4P2/c1-11(12,13)7-8-15-10(14)9-5-3-2-4-6-9;1-3-4-5-6(2,7)8;1-3-2/h2-6H,7-8H2,1H3;3-4H,5H2,1-2H3;1-2H2/b;4-3+;. The number of halogens is 4. The van der Waals surface area contributed by atoms with Gasteiger partial charge in [0.05, 0.1) is 12.2 Å². The number of rotatable bonds is 6. The molecule has 1 atom stereocenters. The van der Waals surface area contributed by atoms with E-state index in [1.165, 1.54) is 6.08 Å². The molecule has 0 N–H and O–H groups in total. The van der Waals surface area contributed by atoms with Crippen LogP contribution in [0.25, 0.3) is 0 Å². The van der Waals surface area contributed by atoms with Gasteiger partial charge >= 0.3 is 5.97 Å². The number of benzene rings is 1. The van der Waals surface area contributed by atoms with Gasteiger partial charge in [0.2, 0.25) is 11.8 Å². The predicted molar refractivity (Wildman–Crippen MR) is 106 cm³/mol. The molecule has 0 saturated carbocycles. The molecule has 0 amide bonds. The van der Waals surface area contributed by atoms with Crippen LogP contribution in [-0.4, -0.2) is 30.7 Å². The third-order valence-electron chi connectivity index (χ3n) is 2.50. The zero-order chi connectivity index (χ0) is 20.6. The van der Waals surface area contributed by atoms with E-state index in [1.807, 2.05) is 0 Å². The summed E-state index contributed by atoms with van der Waals surface area (Å²) < 4.78 is 53.2. The summed E-state index contributed by atoms with van der Waals surface area (Å²) >= 11 is 0. The van der Waals surface area contributed by atoms with Gasteiger partial charge in [0.25, 0.3) is 0 Å². The average Bonchev–Trinajstić information content (AvgIpc) is 2.53. The zero-order valence-electron chi connectivity index (χ0n) is 15.2. The molecular weight excluding hydrogens is 386 g/mol. The highest BCUT2D eigenvalue weighted by Gasteiger charge is 2.21. The van der Waals surface area contributed by atoms with Crippen molar-refractivity contribution in [2.24, 2.45) is 0 Å². The fourth-order valence-corrected chi connectivity index (χ4v) is 1.31. The zero-order valence-corrected chi connectivity index (χ0v) is 17.3. The Kier molecular flexibility index (Phi) is 15.4. The van der Waals surface area contributed by atoms with Gasteiger partial charge in [0.15, 0.2) is 0 Å². The number of esters is 1. The summed E-state index contributed by atoms with van der Waals surface area (Å²) in [6.07, 6.45) is 5.90. The molecule has 0 radical (unpaired) electrons. The third kappa shape index (κ3) is 20.8. The molecule has 2 nitrogen and oxygen atoms in total. The average molecular weight is 412 g/mol. The molecule has 1 aromatic rings. The second-order valence-electron chi connectivity index (χ2n) is 5.35. The van der Waals surface area contributed by atoms with Gasteiger partial charge in [-0.15, -0.1) is 0 Å². The maximum Gasteiger partial charge on any atom is 0.338 e. The molecule has 8 heteroatoms. The minimum atomic E-state index is -2.79. The van der Waals surface area contributed by atoms with Gasteiger partial charge < -0.3 is 4.74 Å². The van der Waals surface area contributed by atoms with Gasteiger partial charge in [-0.2, -0.15) is 0 Å². The normalized spacial score (nSPS) is 11.2. The van der Waals surface area contributed by atoms with E-state index >= 15 is 0 Å². The van der Waals surface area contributed by atoms with E-state index in [4.69, 9.17) is 0 Å². The van der Waals surface area contributed by atoms with Crippen LogP contribution in [0.1, 0.15) is 44.0 Å². The van der Waals surface area contributed by atoms with Crippen LogP contribution in [0, 0.1) is 0 Å². The summed E-state index contributed by atoms with van der Waals surface area (Å²) in [6, 6.07) is 8.28. The van der Waals surface area contributed by atoms with Crippen molar-refractivity contribution in [2.75, 3.05) is 6.61 Å². The van der Waals surface area contributed by atoms with E-state index in [0.29, 0.717) is 5.56 Å². The van der Waals surface area contributed by atoms with Crippen molar-refractivity contribution in [1.82, 2.24) is 0 Å². The van der Waals surface area contributed by atoms with Crippen LogP contribution in [-0.2, 0) is 4.74 Å². The Morgan fingerprint density at radius 1 is 1.19 bits per heavy atom. The van der Waals surface area contributed by atoms with Crippen molar-refractivity contribution in [2.45, 2.75) is 45.5 Å². The van der Waals surface area contributed by atoms with Crippen LogP contribution in [0.4, 0.5) is 17.6 Å². The van der Waals surface area contributed by atoms with Crippen LogP contribution >= 0.6 is 16.8 Å². The highest BCUT2D eigenvalue weighted by molar-refractivity contribution is 8.01. The van der Waals surface area contributed by atoms with E-state index in [2.05, 4.69) is 20.0 Å². The molecule has 0 aliphatic carbocycles. The highest BCUT2D eigenvalue weighted by atomic mass is 32.0. The second kappa shape index (κ2) is 14.9. The van der Waals surface area contributed by atoms with Crippen molar-refractivity contribution in [3.05, 3.63) is 48.0 Å². The number of carbonyl (C=O) groups is 1. The molecule has 148 valence electrons. The van der Waals surface area contributed by atoms with E-state index < -0.39 is 24.2 Å². The summed E-state index contributed by atoms with van der Waals surface area (Å²) in [6.45, 7) is 3.17. The molecular formula is C18H26F4O2P2. The number of hydrogen-bond donors (Lipinski definition) is 0. The van der Waals surface area contributed by atoms with Gasteiger partial charge in [0.1, 0.15) is 0 Å². The molecule has 0 aliphatic rings. The maximum atomic E-state index is 12.4.